The highest BCUT2D eigenvalue weighted by Crippen LogP contribution is 2.76. The quantitative estimate of drug-likeness (QED) is 0.577. The van der Waals surface area contributed by atoms with Gasteiger partial charge in [0.1, 0.15) is 0 Å². The average molecular weight is 190 g/mol. The number of hydrogen-bond donors (Lipinski definition) is 0. The number of fused-ring (bicyclic) bond motifs is 4. The standard InChI is InChI=1S/C13H18O/c1-14-13-10-6-7-11(13)12(13)9-5-3-2-4-8(9)10/h6-12H,2-5H2,1H3. The van der Waals surface area contributed by atoms with E-state index >= 15 is 0 Å². The topological polar surface area (TPSA) is 9.23 Å². The lowest BCUT2D eigenvalue weighted by atomic mass is 9.75. The number of methoxy groups -OCH3 is 1. The molecule has 0 aromatic carbocycles. The Morgan fingerprint density at radius 1 is 1.07 bits per heavy atom. The molecule has 0 saturated heterocycles. The molecule has 4 aliphatic carbocycles. The fraction of sp³-hybridized carbons (Fsp3) is 0.846. The minimum absolute atomic E-state index is 0.305. The fourth-order valence-corrected chi connectivity index (χ4v) is 5.11. The van der Waals surface area contributed by atoms with Crippen molar-refractivity contribution in [3.05, 3.63) is 12.2 Å². The van der Waals surface area contributed by atoms with Gasteiger partial charge in [-0.3, -0.25) is 0 Å². The Balaban J connectivity index is 1.76. The first-order chi connectivity index (χ1) is 6.89. The predicted octanol–water partition coefficient (Wildman–Crippen LogP) is 2.62. The SMILES string of the molecule is COC12C3C=CC1C2C1CCCCC13. The van der Waals surface area contributed by atoms with Crippen LogP contribution in [0.2, 0.25) is 0 Å². The van der Waals surface area contributed by atoms with Crippen LogP contribution in [0.4, 0.5) is 0 Å². The van der Waals surface area contributed by atoms with Crippen molar-refractivity contribution in [3.8, 4) is 0 Å². The van der Waals surface area contributed by atoms with E-state index in [1.54, 1.807) is 0 Å². The molecule has 76 valence electrons. The third kappa shape index (κ3) is 0.614. The first-order valence-corrected chi connectivity index (χ1v) is 6.13. The van der Waals surface area contributed by atoms with E-state index < -0.39 is 0 Å². The minimum Gasteiger partial charge on any atom is -0.377 e. The third-order valence-electron chi connectivity index (χ3n) is 5.52. The number of ether oxygens (including phenoxy) is 1. The molecule has 6 atom stereocenters. The maximum absolute atomic E-state index is 5.89. The van der Waals surface area contributed by atoms with E-state index in [0.29, 0.717) is 5.60 Å². The van der Waals surface area contributed by atoms with Gasteiger partial charge in [-0.25, -0.2) is 0 Å². The molecule has 0 spiro atoms. The molecule has 0 radical (unpaired) electrons. The van der Waals surface area contributed by atoms with Gasteiger partial charge in [-0.15, -0.1) is 0 Å². The van der Waals surface area contributed by atoms with Gasteiger partial charge < -0.3 is 4.74 Å². The van der Waals surface area contributed by atoms with Crippen LogP contribution in [0.5, 0.6) is 0 Å². The van der Waals surface area contributed by atoms with E-state index in [2.05, 4.69) is 12.2 Å². The zero-order valence-corrected chi connectivity index (χ0v) is 8.78. The summed E-state index contributed by atoms with van der Waals surface area (Å²) >= 11 is 0. The predicted molar refractivity (Wildman–Crippen MR) is 54.8 cm³/mol. The molecule has 1 heteroatoms. The van der Waals surface area contributed by atoms with E-state index in [4.69, 9.17) is 4.74 Å². The smallest absolute Gasteiger partial charge is 0.0847 e. The zero-order chi connectivity index (χ0) is 9.34. The first-order valence-electron chi connectivity index (χ1n) is 6.13. The first kappa shape index (κ1) is 7.92. The maximum atomic E-state index is 5.89. The largest absolute Gasteiger partial charge is 0.377 e. The fourth-order valence-electron chi connectivity index (χ4n) is 5.11. The van der Waals surface area contributed by atoms with E-state index in [1.165, 1.54) is 25.7 Å². The molecule has 0 aromatic heterocycles. The van der Waals surface area contributed by atoms with Gasteiger partial charge in [0.25, 0.3) is 0 Å². The highest BCUT2D eigenvalue weighted by atomic mass is 16.5. The molecule has 0 heterocycles. The van der Waals surface area contributed by atoms with Crippen LogP contribution in [0.15, 0.2) is 12.2 Å². The Morgan fingerprint density at radius 3 is 2.57 bits per heavy atom. The highest BCUT2D eigenvalue weighted by Gasteiger charge is 2.78. The lowest BCUT2D eigenvalue weighted by molar-refractivity contribution is 0.0341. The van der Waals surface area contributed by atoms with Gasteiger partial charge in [-0.2, -0.15) is 0 Å². The average Bonchev–Trinajstić information content (AvgIpc) is 2.67. The number of hydrogen-bond acceptors (Lipinski definition) is 1. The van der Waals surface area contributed by atoms with Gasteiger partial charge in [0.2, 0.25) is 0 Å². The Kier molecular flexibility index (Phi) is 1.28. The van der Waals surface area contributed by atoms with Crippen LogP contribution < -0.4 is 0 Å². The van der Waals surface area contributed by atoms with Crippen molar-refractivity contribution < 1.29 is 4.74 Å². The van der Waals surface area contributed by atoms with Crippen LogP contribution in [0.3, 0.4) is 0 Å². The molecule has 3 saturated carbocycles. The molecule has 1 nitrogen and oxygen atoms in total. The Labute approximate surface area is 85.5 Å². The second-order valence-electron chi connectivity index (χ2n) is 5.63. The number of rotatable bonds is 1. The van der Waals surface area contributed by atoms with Crippen molar-refractivity contribution in [1.29, 1.82) is 0 Å². The van der Waals surface area contributed by atoms with E-state index in [1.807, 2.05) is 7.11 Å². The van der Waals surface area contributed by atoms with Crippen LogP contribution in [0.1, 0.15) is 25.7 Å². The molecule has 3 fully saturated rings. The van der Waals surface area contributed by atoms with E-state index in [0.717, 1.165) is 29.6 Å². The second-order valence-corrected chi connectivity index (χ2v) is 5.63. The van der Waals surface area contributed by atoms with Crippen molar-refractivity contribution >= 4 is 0 Å². The highest BCUT2D eigenvalue weighted by molar-refractivity contribution is 5.38. The van der Waals surface area contributed by atoms with Crippen LogP contribution in [-0.2, 0) is 4.74 Å². The summed E-state index contributed by atoms with van der Waals surface area (Å²) in [4.78, 5) is 0. The molecule has 0 amide bonds. The van der Waals surface area contributed by atoms with Gasteiger partial charge >= 0.3 is 0 Å². The van der Waals surface area contributed by atoms with Gasteiger partial charge in [-0.05, 0) is 24.7 Å². The van der Waals surface area contributed by atoms with Crippen molar-refractivity contribution in [2.24, 2.45) is 29.6 Å². The van der Waals surface area contributed by atoms with Crippen molar-refractivity contribution in [2.45, 2.75) is 31.3 Å². The summed E-state index contributed by atoms with van der Waals surface area (Å²) in [5.41, 5.74) is 0.305. The lowest BCUT2D eigenvalue weighted by Crippen LogP contribution is -2.27. The third-order valence-corrected chi connectivity index (χ3v) is 5.52. The Hall–Kier alpha value is -0.300. The molecule has 14 heavy (non-hydrogen) atoms. The van der Waals surface area contributed by atoms with Crippen LogP contribution in [0, 0.1) is 29.6 Å². The molecule has 0 aliphatic heterocycles. The van der Waals surface area contributed by atoms with Gasteiger partial charge in [0.05, 0.1) is 5.60 Å². The summed E-state index contributed by atoms with van der Waals surface area (Å²) in [7, 11) is 1.93. The molecule has 0 bridgehead atoms. The minimum atomic E-state index is 0.305. The second kappa shape index (κ2) is 2.27. The van der Waals surface area contributed by atoms with Crippen molar-refractivity contribution in [1.82, 2.24) is 0 Å². The molecular weight excluding hydrogens is 172 g/mol. The van der Waals surface area contributed by atoms with Crippen LogP contribution >= 0.6 is 0 Å². The van der Waals surface area contributed by atoms with Crippen LogP contribution in [0.25, 0.3) is 0 Å². The molecule has 0 N–H and O–H groups in total. The lowest BCUT2D eigenvalue weighted by Gasteiger charge is -2.31. The van der Waals surface area contributed by atoms with Gasteiger partial charge in [0, 0.05) is 24.9 Å². The monoisotopic (exact) mass is 190 g/mol. The van der Waals surface area contributed by atoms with Gasteiger partial charge in [-0.1, -0.05) is 25.0 Å². The summed E-state index contributed by atoms with van der Waals surface area (Å²) < 4.78 is 5.89. The molecule has 4 rings (SSSR count). The summed E-state index contributed by atoms with van der Waals surface area (Å²) in [5, 5.41) is 0. The van der Waals surface area contributed by atoms with Crippen molar-refractivity contribution in [3.63, 3.8) is 0 Å². The Bertz CT molecular complexity index is 306. The van der Waals surface area contributed by atoms with Crippen molar-refractivity contribution in [2.75, 3.05) is 7.11 Å². The summed E-state index contributed by atoms with van der Waals surface area (Å²) in [6.07, 6.45) is 10.8. The normalized spacial score (nSPS) is 62.5. The zero-order valence-electron chi connectivity index (χ0n) is 8.78. The molecule has 4 aliphatic rings. The summed E-state index contributed by atoms with van der Waals surface area (Å²) in [6, 6.07) is 0. The molecule has 0 aromatic rings. The molecular formula is C13H18O. The van der Waals surface area contributed by atoms with Crippen LogP contribution in [-0.4, -0.2) is 12.7 Å². The molecule has 6 unspecified atom stereocenters. The van der Waals surface area contributed by atoms with E-state index in [9.17, 15) is 0 Å². The Morgan fingerprint density at radius 2 is 1.79 bits per heavy atom. The van der Waals surface area contributed by atoms with Gasteiger partial charge in [0.15, 0.2) is 0 Å². The summed E-state index contributed by atoms with van der Waals surface area (Å²) in [5.74, 6) is 4.48. The maximum Gasteiger partial charge on any atom is 0.0847 e. The van der Waals surface area contributed by atoms with E-state index in [-0.39, 0.29) is 0 Å². The summed E-state index contributed by atoms with van der Waals surface area (Å²) in [6.45, 7) is 0.